The molecular formula is C30H24N2O5. The minimum absolute atomic E-state index is 0.116. The van der Waals surface area contributed by atoms with Gasteiger partial charge in [0, 0.05) is 22.3 Å². The van der Waals surface area contributed by atoms with E-state index < -0.39 is 0 Å². The van der Waals surface area contributed by atoms with E-state index in [1.54, 1.807) is 97.1 Å². The largest absolute Gasteiger partial charge is 0.457 e. The van der Waals surface area contributed by atoms with E-state index >= 15 is 0 Å². The van der Waals surface area contributed by atoms with Crippen LogP contribution in [0.2, 0.25) is 0 Å². The molecule has 7 heteroatoms. The van der Waals surface area contributed by atoms with Crippen molar-refractivity contribution in [1.29, 1.82) is 0 Å². The van der Waals surface area contributed by atoms with Crippen LogP contribution in [0.1, 0.15) is 41.4 Å². The van der Waals surface area contributed by atoms with Crippen molar-refractivity contribution < 1.29 is 23.9 Å². The molecule has 0 atom stereocenters. The fourth-order valence-electron chi connectivity index (χ4n) is 3.46. The van der Waals surface area contributed by atoms with E-state index in [1.165, 1.54) is 0 Å². The second kappa shape index (κ2) is 12.1. The Labute approximate surface area is 214 Å². The highest BCUT2D eigenvalue weighted by Crippen LogP contribution is 2.22. The smallest absolute Gasteiger partial charge is 0.251 e. The molecule has 0 aliphatic rings. The Bertz CT molecular complexity index is 1270. The monoisotopic (exact) mass is 492 g/mol. The molecule has 2 amide bonds. The van der Waals surface area contributed by atoms with E-state index in [2.05, 4.69) is 10.6 Å². The molecule has 4 rings (SSSR count). The number of hydrogen-bond donors (Lipinski definition) is 2. The van der Waals surface area contributed by atoms with Crippen LogP contribution in [0.5, 0.6) is 11.5 Å². The van der Waals surface area contributed by atoms with Crippen LogP contribution >= 0.6 is 0 Å². The van der Waals surface area contributed by atoms with Crippen LogP contribution in [0.4, 0.5) is 0 Å². The summed E-state index contributed by atoms with van der Waals surface area (Å²) in [5.74, 6) is -0.0435. The first-order valence-electron chi connectivity index (χ1n) is 11.6. The lowest BCUT2D eigenvalue weighted by molar-refractivity contribution is 0.0904. The summed E-state index contributed by atoms with van der Waals surface area (Å²) in [6, 6.07) is 30.5. The third-order valence-electron chi connectivity index (χ3n) is 5.48. The number of rotatable bonds is 10. The zero-order chi connectivity index (χ0) is 26.0. The molecule has 7 nitrogen and oxygen atoms in total. The van der Waals surface area contributed by atoms with Crippen molar-refractivity contribution >= 4 is 23.4 Å². The van der Waals surface area contributed by atoms with Gasteiger partial charge in [-0.15, -0.1) is 0 Å². The van der Waals surface area contributed by atoms with Crippen LogP contribution in [0.15, 0.2) is 109 Å². The molecule has 0 heterocycles. The lowest BCUT2D eigenvalue weighted by Gasteiger charge is -2.09. The summed E-state index contributed by atoms with van der Waals surface area (Å²) in [6.45, 7) is -0.232. The highest BCUT2D eigenvalue weighted by molar-refractivity contribution is 6.03. The van der Waals surface area contributed by atoms with Gasteiger partial charge in [0.05, 0.1) is 13.1 Å². The van der Waals surface area contributed by atoms with Crippen LogP contribution in [0.25, 0.3) is 0 Å². The van der Waals surface area contributed by atoms with Crippen LogP contribution in [0.3, 0.4) is 0 Å². The zero-order valence-electron chi connectivity index (χ0n) is 19.8. The predicted octanol–water partition coefficient (Wildman–Crippen LogP) is 4.70. The van der Waals surface area contributed by atoms with Crippen molar-refractivity contribution in [2.45, 2.75) is 0 Å². The first-order valence-corrected chi connectivity index (χ1v) is 11.6. The van der Waals surface area contributed by atoms with Crippen molar-refractivity contribution in [3.8, 4) is 11.5 Å². The van der Waals surface area contributed by atoms with Gasteiger partial charge in [-0.25, -0.2) is 0 Å². The van der Waals surface area contributed by atoms with Gasteiger partial charge in [0.2, 0.25) is 0 Å². The average molecular weight is 493 g/mol. The van der Waals surface area contributed by atoms with Gasteiger partial charge in [-0.3, -0.25) is 19.2 Å². The van der Waals surface area contributed by atoms with Crippen molar-refractivity contribution in [3.63, 3.8) is 0 Å². The number of hydrogen-bond acceptors (Lipinski definition) is 5. The summed E-state index contributed by atoms with van der Waals surface area (Å²) in [5.41, 5.74) is 1.87. The fourth-order valence-corrected chi connectivity index (χ4v) is 3.46. The molecule has 37 heavy (non-hydrogen) atoms. The number of amides is 2. The molecule has 0 saturated carbocycles. The Balaban J connectivity index is 1.26. The van der Waals surface area contributed by atoms with E-state index in [9.17, 15) is 19.2 Å². The molecule has 0 aliphatic heterocycles. The number of Topliss-reactive ketones (excluding diaryl/α,β-unsaturated/α-hetero) is 2. The number of carbonyl (C=O) groups is 4. The van der Waals surface area contributed by atoms with Crippen LogP contribution in [-0.4, -0.2) is 36.5 Å². The first kappa shape index (κ1) is 25.1. The summed E-state index contributed by atoms with van der Waals surface area (Å²) in [7, 11) is 0. The topological polar surface area (TPSA) is 102 Å². The normalized spacial score (nSPS) is 10.3. The zero-order valence-corrected chi connectivity index (χ0v) is 19.8. The maximum atomic E-state index is 12.4. The second-order valence-electron chi connectivity index (χ2n) is 8.09. The quantitative estimate of drug-likeness (QED) is 0.313. The number of carbonyl (C=O) groups excluding carboxylic acids is 4. The van der Waals surface area contributed by atoms with Crippen LogP contribution in [0, 0.1) is 0 Å². The van der Waals surface area contributed by atoms with E-state index in [1.807, 2.05) is 12.1 Å². The molecule has 0 bridgehead atoms. The van der Waals surface area contributed by atoms with E-state index in [4.69, 9.17) is 4.74 Å². The number of nitrogens with one attached hydrogen (secondary N) is 2. The SMILES string of the molecule is O=C(CNC(=O)c1ccccc1)c1ccc(Oc2ccc(C(=O)CNC(=O)c3ccccc3)cc2)cc1. The van der Waals surface area contributed by atoms with E-state index in [-0.39, 0.29) is 36.5 Å². The molecule has 2 N–H and O–H groups in total. The Morgan fingerprint density at radius 1 is 0.459 bits per heavy atom. The molecule has 0 unspecified atom stereocenters. The van der Waals surface area contributed by atoms with E-state index in [0.29, 0.717) is 33.8 Å². The van der Waals surface area contributed by atoms with Gasteiger partial charge in [-0.05, 0) is 72.8 Å². The van der Waals surface area contributed by atoms with Gasteiger partial charge in [0.25, 0.3) is 11.8 Å². The molecule has 0 spiro atoms. The number of benzene rings is 4. The van der Waals surface area contributed by atoms with Crippen molar-refractivity contribution in [1.82, 2.24) is 10.6 Å². The molecule has 4 aromatic carbocycles. The molecule has 0 fully saturated rings. The highest BCUT2D eigenvalue weighted by Gasteiger charge is 2.12. The van der Waals surface area contributed by atoms with Gasteiger partial charge in [0.1, 0.15) is 11.5 Å². The second-order valence-corrected chi connectivity index (χ2v) is 8.09. The summed E-state index contributed by atoms with van der Waals surface area (Å²) in [5, 5.41) is 5.24. The van der Waals surface area contributed by atoms with E-state index in [0.717, 1.165) is 0 Å². The lowest BCUT2D eigenvalue weighted by Crippen LogP contribution is -2.29. The summed E-state index contributed by atoms with van der Waals surface area (Å²) >= 11 is 0. The van der Waals surface area contributed by atoms with Gasteiger partial charge in [-0.1, -0.05) is 36.4 Å². The molecular weight excluding hydrogens is 468 g/mol. The van der Waals surface area contributed by atoms with Crippen molar-refractivity contribution in [2.24, 2.45) is 0 Å². The summed E-state index contributed by atoms with van der Waals surface area (Å²) < 4.78 is 5.80. The standard InChI is InChI=1S/C30H24N2O5/c33-27(19-31-29(35)23-7-3-1-4-8-23)21-11-15-25(16-12-21)37-26-17-13-22(14-18-26)28(34)20-32-30(36)24-9-5-2-6-10-24/h1-18H,19-20H2,(H,31,35)(H,32,36). The number of ketones is 2. The molecule has 0 radical (unpaired) electrons. The van der Waals surface area contributed by atoms with Crippen LogP contribution < -0.4 is 15.4 Å². The molecule has 184 valence electrons. The first-order chi connectivity index (χ1) is 18.0. The highest BCUT2D eigenvalue weighted by atomic mass is 16.5. The Morgan fingerprint density at radius 2 is 0.811 bits per heavy atom. The third kappa shape index (κ3) is 6.99. The Morgan fingerprint density at radius 3 is 1.16 bits per heavy atom. The third-order valence-corrected chi connectivity index (χ3v) is 5.48. The van der Waals surface area contributed by atoms with Crippen molar-refractivity contribution in [2.75, 3.05) is 13.1 Å². The average Bonchev–Trinajstić information content (AvgIpc) is 2.96. The lowest BCUT2D eigenvalue weighted by atomic mass is 10.1. The fraction of sp³-hybridized carbons (Fsp3) is 0.0667. The number of ether oxygens (including phenoxy) is 1. The Kier molecular flexibility index (Phi) is 8.18. The molecule has 4 aromatic rings. The maximum absolute atomic E-state index is 12.4. The molecule has 0 saturated heterocycles. The van der Waals surface area contributed by atoms with Crippen LogP contribution in [-0.2, 0) is 0 Å². The summed E-state index contributed by atoms with van der Waals surface area (Å²) in [4.78, 5) is 49.0. The minimum atomic E-state index is -0.311. The molecule has 0 aromatic heterocycles. The predicted molar refractivity (Wildman–Crippen MR) is 139 cm³/mol. The molecule has 0 aliphatic carbocycles. The van der Waals surface area contributed by atoms with Gasteiger partial charge >= 0.3 is 0 Å². The van der Waals surface area contributed by atoms with Crippen molar-refractivity contribution in [3.05, 3.63) is 131 Å². The van der Waals surface area contributed by atoms with Gasteiger partial charge < -0.3 is 15.4 Å². The maximum Gasteiger partial charge on any atom is 0.251 e. The minimum Gasteiger partial charge on any atom is -0.457 e. The van der Waals surface area contributed by atoms with Gasteiger partial charge in [0.15, 0.2) is 11.6 Å². The van der Waals surface area contributed by atoms with Gasteiger partial charge in [-0.2, -0.15) is 0 Å². The Hall–Kier alpha value is -5.04. The summed E-state index contributed by atoms with van der Waals surface area (Å²) in [6.07, 6.45) is 0.